The van der Waals surface area contributed by atoms with Gasteiger partial charge in [0.15, 0.2) is 11.7 Å². The van der Waals surface area contributed by atoms with Gasteiger partial charge in [-0.1, -0.05) is 39.5 Å². The second-order valence-electron chi connectivity index (χ2n) is 14.1. The number of carbonyl (C=O) groups excluding carboxylic acids is 3. The van der Waals surface area contributed by atoms with Crippen LogP contribution < -0.4 is 16.0 Å². The molecule has 1 heterocycles. The van der Waals surface area contributed by atoms with Gasteiger partial charge < -0.3 is 30.2 Å². The maximum Gasteiger partial charge on any atom is 0.333 e. The lowest BCUT2D eigenvalue weighted by Crippen LogP contribution is -2.54. The number of ketones is 1. The van der Waals surface area contributed by atoms with Crippen molar-refractivity contribution in [3.05, 3.63) is 54.4 Å². The Morgan fingerprint density at radius 3 is 2.35 bits per heavy atom. The van der Waals surface area contributed by atoms with Gasteiger partial charge in [0, 0.05) is 47.5 Å². The zero-order chi connectivity index (χ0) is 34.0. The first-order valence-electron chi connectivity index (χ1n) is 16.1. The fourth-order valence-corrected chi connectivity index (χ4v) is 7.30. The van der Waals surface area contributed by atoms with E-state index in [1.165, 1.54) is 0 Å². The molecule has 2 atom stereocenters. The third-order valence-corrected chi connectivity index (χ3v) is 9.53. The molecule has 1 aliphatic carbocycles. The van der Waals surface area contributed by atoms with Crippen LogP contribution in [-0.2, 0) is 19.0 Å². The summed E-state index contributed by atoms with van der Waals surface area (Å²) in [5, 5.41) is 9.20. The van der Waals surface area contributed by atoms with Gasteiger partial charge in [0.1, 0.15) is 6.61 Å². The van der Waals surface area contributed by atoms with Crippen LogP contribution in [0.3, 0.4) is 0 Å². The first kappa shape index (κ1) is 37.4. The molecular formula is C35H54N4O6S. The lowest BCUT2D eigenvalue weighted by atomic mass is 9.62. The van der Waals surface area contributed by atoms with Gasteiger partial charge in [-0.05, 0) is 69.6 Å². The summed E-state index contributed by atoms with van der Waals surface area (Å²) in [7, 11) is 0. The van der Waals surface area contributed by atoms with Crippen molar-refractivity contribution in [3.8, 4) is 0 Å². The molecule has 2 unspecified atom stereocenters. The standard InChI is InChI=1S/C35H54N4O6S/c1-25(2)31(41)45-16-13-36-32(42)37-24-35(8)22-28(21-33(4,5)23-35)38-26(3)44-19-20-46-29-11-9-27(10-12-29)30(40)34(6,7)39-14-17-43-18-15-39/h9-12,28,38H,1,3,13-24H2,2,4-8H3,(H2,36,37,42). The highest BCUT2D eigenvalue weighted by Crippen LogP contribution is 2.46. The van der Waals surface area contributed by atoms with Crippen LogP contribution in [-0.4, -0.2) is 92.6 Å². The van der Waals surface area contributed by atoms with Gasteiger partial charge in [-0.25, -0.2) is 9.59 Å². The average molecular weight is 659 g/mol. The van der Waals surface area contributed by atoms with Crippen LogP contribution in [0.4, 0.5) is 4.79 Å². The van der Waals surface area contributed by atoms with E-state index < -0.39 is 11.5 Å². The smallest absolute Gasteiger partial charge is 0.333 e. The van der Waals surface area contributed by atoms with Crippen LogP contribution in [0.2, 0.25) is 0 Å². The van der Waals surface area contributed by atoms with E-state index in [1.54, 1.807) is 18.7 Å². The minimum atomic E-state index is -0.570. The molecule has 0 bridgehead atoms. The molecule has 0 radical (unpaired) electrons. The molecule has 2 aliphatic rings. The van der Waals surface area contributed by atoms with E-state index in [0.717, 1.165) is 48.6 Å². The number of hydrogen-bond acceptors (Lipinski definition) is 9. The quantitative estimate of drug-likeness (QED) is 0.0554. The number of amides is 2. The summed E-state index contributed by atoms with van der Waals surface area (Å²) in [5.41, 5.74) is 0.423. The molecule has 3 rings (SSSR count). The van der Waals surface area contributed by atoms with E-state index in [2.05, 4.69) is 54.8 Å². The fraction of sp³-hybridized carbons (Fsp3) is 0.629. The molecule has 2 fully saturated rings. The van der Waals surface area contributed by atoms with Crippen molar-refractivity contribution in [1.29, 1.82) is 0 Å². The fourth-order valence-electron chi connectivity index (χ4n) is 6.57. The number of benzene rings is 1. The number of nitrogens with one attached hydrogen (secondary N) is 3. The van der Waals surface area contributed by atoms with Crippen LogP contribution in [0.5, 0.6) is 0 Å². The number of carbonyl (C=O) groups is 3. The molecule has 0 spiro atoms. The number of Topliss-reactive ketones (excluding diaryl/α,β-unsaturated/α-hetero) is 1. The Labute approximate surface area is 279 Å². The summed E-state index contributed by atoms with van der Waals surface area (Å²) in [6.07, 6.45) is 2.79. The predicted octanol–water partition coefficient (Wildman–Crippen LogP) is 5.15. The molecule has 1 aromatic rings. The Hall–Kier alpha value is -3.02. The normalized spacial score (nSPS) is 21.5. The Morgan fingerprint density at radius 2 is 1.70 bits per heavy atom. The SMILES string of the molecule is C=C(NC1CC(C)(C)CC(C)(CNC(=O)NCCOC(=O)C(=C)C)C1)OCCSc1ccc(C(=O)C(C)(C)N2CCOCC2)cc1. The Bertz CT molecular complexity index is 1230. The highest BCUT2D eigenvalue weighted by Gasteiger charge is 2.41. The van der Waals surface area contributed by atoms with Crippen LogP contribution in [0.25, 0.3) is 0 Å². The summed E-state index contributed by atoms with van der Waals surface area (Å²) in [6, 6.07) is 7.69. The molecule has 0 aromatic heterocycles. The van der Waals surface area contributed by atoms with Crippen LogP contribution in [0, 0.1) is 10.8 Å². The number of ether oxygens (including phenoxy) is 3. The lowest BCUT2D eigenvalue weighted by molar-refractivity contribution is -0.138. The topological polar surface area (TPSA) is 118 Å². The highest BCUT2D eigenvalue weighted by atomic mass is 32.2. The minimum absolute atomic E-state index is 0.0701. The molecule has 256 valence electrons. The molecule has 1 saturated heterocycles. The van der Waals surface area contributed by atoms with Crippen molar-refractivity contribution in [2.75, 3.05) is 58.4 Å². The van der Waals surface area contributed by atoms with E-state index in [-0.39, 0.29) is 41.8 Å². The van der Waals surface area contributed by atoms with Crippen LogP contribution in [0.1, 0.15) is 71.2 Å². The summed E-state index contributed by atoms with van der Waals surface area (Å²) < 4.78 is 16.4. The number of thioether (sulfide) groups is 1. The van der Waals surface area contributed by atoms with Gasteiger partial charge in [-0.15, -0.1) is 11.8 Å². The van der Waals surface area contributed by atoms with Gasteiger partial charge in [-0.2, -0.15) is 0 Å². The number of morpholine rings is 1. The van der Waals surface area contributed by atoms with Gasteiger partial charge >= 0.3 is 12.0 Å². The van der Waals surface area contributed by atoms with Crippen molar-refractivity contribution >= 4 is 29.5 Å². The van der Waals surface area contributed by atoms with Gasteiger partial charge in [0.2, 0.25) is 0 Å². The lowest BCUT2D eigenvalue weighted by Gasteiger charge is -2.47. The van der Waals surface area contributed by atoms with E-state index in [4.69, 9.17) is 14.2 Å². The Kier molecular flexibility index (Phi) is 13.6. The largest absolute Gasteiger partial charge is 0.479 e. The Balaban J connectivity index is 1.38. The van der Waals surface area contributed by atoms with E-state index in [9.17, 15) is 14.4 Å². The zero-order valence-electron chi connectivity index (χ0n) is 28.6. The van der Waals surface area contributed by atoms with Crippen LogP contribution >= 0.6 is 11.8 Å². The zero-order valence-corrected chi connectivity index (χ0v) is 29.4. The molecule has 1 aromatic carbocycles. The number of esters is 1. The minimum Gasteiger partial charge on any atom is -0.479 e. The van der Waals surface area contributed by atoms with E-state index >= 15 is 0 Å². The number of hydrogen-bond donors (Lipinski definition) is 3. The summed E-state index contributed by atoms with van der Waals surface area (Å²) in [4.78, 5) is 40.4. The monoisotopic (exact) mass is 658 g/mol. The van der Waals surface area contributed by atoms with Gasteiger partial charge in [-0.3, -0.25) is 9.69 Å². The molecule has 2 amide bonds. The average Bonchev–Trinajstić information content (AvgIpc) is 2.99. The third kappa shape index (κ3) is 11.7. The summed E-state index contributed by atoms with van der Waals surface area (Å²) in [5.74, 6) is 0.945. The van der Waals surface area contributed by atoms with Crippen LogP contribution in [0.15, 0.2) is 53.8 Å². The van der Waals surface area contributed by atoms with E-state index in [1.807, 2.05) is 38.1 Å². The van der Waals surface area contributed by atoms with Crippen molar-refractivity contribution in [1.82, 2.24) is 20.9 Å². The number of urea groups is 1. The summed E-state index contributed by atoms with van der Waals surface area (Å²) in [6.45, 7) is 24.1. The first-order valence-corrected chi connectivity index (χ1v) is 17.1. The molecule has 10 nitrogen and oxygen atoms in total. The van der Waals surface area contributed by atoms with E-state index in [0.29, 0.717) is 37.8 Å². The van der Waals surface area contributed by atoms with Gasteiger partial charge in [0.05, 0.1) is 31.9 Å². The second-order valence-corrected chi connectivity index (χ2v) is 15.2. The predicted molar refractivity (Wildman–Crippen MR) is 183 cm³/mol. The maximum absolute atomic E-state index is 13.2. The van der Waals surface area contributed by atoms with Crippen molar-refractivity contribution in [2.45, 2.75) is 77.3 Å². The van der Waals surface area contributed by atoms with Crippen molar-refractivity contribution < 1.29 is 28.6 Å². The Morgan fingerprint density at radius 1 is 1.02 bits per heavy atom. The molecule has 46 heavy (non-hydrogen) atoms. The second kappa shape index (κ2) is 16.7. The molecule has 11 heteroatoms. The number of nitrogens with zero attached hydrogens (tertiary/aromatic N) is 1. The van der Waals surface area contributed by atoms with Crippen molar-refractivity contribution in [3.63, 3.8) is 0 Å². The molecule has 3 N–H and O–H groups in total. The maximum atomic E-state index is 13.2. The molecule has 1 saturated carbocycles. The molecule has 1 aliphatic heterocycles. The number of rotatable bonds is 16. The van der Waals surface area contributed by atoms with Gasteiger partial charge in [0.25, 0.3) is 0 Å². The third-order valence-electron chi connectivity index (χ3n) is 8.56. The highest BCUT2D eigenvalue weighted by molar-refractivity contribution is 7.99. The molecular weight excluding hydrogens is 604 g/mol. The van der Waals surface area contributed by atoms with Crippen molar-refractivity contribution in [2.24, 2.45) is 10.8 Å². The first-order chi connectivity index (χ1) is 21.6. The summed E-state index contributed by atoms with van der Waals surface area (Å²) >= 11 is 1.68.